The van der Waals surface area contributed by atoms with E-state index < -0.39 is 0 Å². The molecule has 6 nitrogen and oxygen atoms in total. The fourth-order valence-corrected chi connectivity index (χ4v) is 3.35. The van der Waals surface area contributed by atoms with E-state index in [0.717, 1.165) is 10.8 Å². The summed E-state index contributed by atoms with van der Waals surface area (Å²) in [7, 11) is 0. The van der Waals surface area contributed by atoms with Crippen LogP contribution < -0.4 is 10.1 Å². The standard InChI is InChI=1S/C21H20N2O4S/c1-3-26-21(25)15-9-11-16(12-10-15)23-20(24)19-14(2)22-18(28-19)13-27-17-7-5-4-6-8-17/h4-12H,3,13H2,1-2H3,(H,23,24). The number of anilines is 1. The van der Waals surface area contributed by atoms with Gasteiger partial charge in [-0.3, -0.25) is 4.79 Å². The van der Waals surface area contributed by atoms with Crippen molar-refractivity contribution in [2.24, 2.45) is 0 Å². The summed E-state index contributed by atoms with van der Waals surface area (Å²) in [5.41, 5.74) is 1.68. The number of carbonyl (C=O) groups excluding carboxylic acids is 2. The van der Waals surface area contributed by atoms with Gasteiger partial charge in [-0.25, -0.2) is 9.78 Å². The average molecular weight is 396 g/mol. The van der Waals surface area contributed by atoms with Gasteiger partial charge in [0.1, 0.15) is 22.2 Å². The number of nitrogens with zero attached hydrogens (tertiary/aromatic N) is 1. The summed E-state index contributed by atoms with van der Waals surface area (Å²) in [6.45, 7) is 4.17. The van der Waals surface area contributed by atoms with Gasteiger partial charge in [-0.05, 0) is 50.2 Å². The van der Waals surface area contributed by atoms with Gasteiger partial charge in [-0.2, -0.15) is 0 Å². The van der Waals surface area contributed by atoms with Crippen LogP contribution in [-0.2, 0) is 11.3 Å². The van der Waals surface area contributed by atoms with Crippen LogP contribution in [0, 0.1) is 6.92 Å². The topological polar surface area (TPSA) is 77.5 Å². The fourth-order valence-electron chi connectivity index (χ4n) is 2.48. The van der Waals surface area contributed by atoms with Crippen molar-refractivity contribution in [3.05, 3.63) is 75.7 Å². The number of hydrogen-bond acceptors (Lipinski definition) is 6. The van der Waals surface area contributed by atoms with E-state index in [2.05, 4.69) is 10.3 Å². The van der Waals surface area contributed by atoms with Crippen LogP contribution in [0.1, 0.15) is 37.7 Å². The highest BCUT2D eigenvalue weighted by atomic mass is 32.1. The summed E-state index contributed by atoms with van der Waals surface area (Å²) in [4.78, 5) is 29.2. The normalized spacial score (nSPS) is 10.4. The number of amides is 1. The van der Waals surface area contributed by atoms with E-state index in [1.165, 1.54) is 11.3 Å². The number of thiazole rings is 1. The van der Waals surface area contributed by atoms with E-state index >= 15 is 0 Å². The van der Waals surface area contributed by atoms with Gasteiger partial charge in [0.25, 0.3) is 5.91 Å². The summed E-state index contributed by atoms with van der Waals surface area (Å²) in [5, 5.41) is 3.55. The second kappa shape index (κ2) is 9.14. The van der Waals surface area contributed by atoms with Gasteiger partial charge >= 0.3 is 5.97 Å². The van der Waals surface area contributed by atoms with Crippen molar-refractivity contribution in [3.8, 4) is 5.75 Å². The minimum atomic E-state index is -0.387. The van der Waals surface area contributed by atoms with Gasteiger partial charge in [0.15, 0.2) is 0 Å². The number of esters is 1. The lowest BCUT2D eigenvalue weighted by Crippen LogP contribution is -2.12. The molecule has 0 atom stereocenters. The zero-order valence-corrected chi connectivity index (χ0v) is 16.4. The molecule has 0 spiro atoms. The van der Waals surface area contributed by atoms with Gasteiger partial charge in [0.2, 0.25) is 0 Å². The van der Waals surface area contributed by atoms with Crippen molar-refractivity contribution >= 4 is 28.9 Å². The van der Waals surface area contributed by atoms with Gasteiger partial charge < -0.3 is 14.8 Å². The Labute approximate surface area is 167 Å². The molecule has 7 heteroatoms. The lowest BCUT2D eigenvalue weighted by Gasteiger charge is -2.06. The van der Waals surface area contributed by atoms with Crippen LogP contribution in [0.15, 0.2) is 54.6 Å². The molecule has 1 N–H and O–H groups in total. The molecular weight excluding hydrogens is 376 g/mol. The molecule has 0 aliphatic rings. The SMILES string of the molecule is CCOC(=O)c1ccc(NC(=O)c2sc(COc3ccccc3)nc2C)cc1. The summed E-state index contributed by atoms with van der Waals surface area (Å²) in [6, 6.07) is 16.0. The van der Waals surface area contributed by atoms with Crippen molar-refractivity contribution in [2.45, 2.75) is 20.5 Å². The summed E-state index contributed by atoms with van der Waals surface area (Å²) >= 11 is 1.30. The molecule has 1 amide bonds. The number of hydrogen-bond donors (Lipinski definition) is 1. The van der Waals surface area contributed by atoms with Crippen LogP contribution in [0.2, 0.25) is 0 Å². The van der Waals surface area contributed by atoms with E-state index in [4.69, 9.17) is 9.47 Å². The van der Waals surface area contributed by atoms with Crippen LogP contribution in [0.25, 0.3) is 0 Å². The predicted molar refractivity (Wildman–Crippen MR) is 108 cm³/mol. The highest BCUT2D eigenvalue weighted by Crippen LogP contribution is 2.22. The Hall–Kier alpha value is -3.19. The molecule has 0 fully saturated rings. The first kappa shape index (κ1) is 19.6. The minimum absolute atomic E-state index is 0.246. The molecule has 0 bridgehead atoms. The van der Waals surface area contributed by atoms with Crippen LogP contribution >= 0.6 is 11.3 Å². The molecule has 0 unspecified atom stereocenters. The largest absolute Gasteiger partial charge is 0.486 e. The summed E-state index contributed by atoms with van der Waals surface area (Å²) in [6.07, 6.45) is 0. The van der Waals surface area contributed by atoms with E-state index in [9.17, 15) is 9.59 Å². The number of aromatic nitrogens is 1. The quantitative estimate of drug-likeness (QED) is 0.597. The second-order valence-corrected chi connectivity index (χ2v) is 6.96. The number of benzene rings is 2. The lowest BCUT2D eigenvalue weighted by molar-refractivity contribution is 0.0526. The Morgan fingerprint density at radius 2 is 1.79 bits per heavy atom. The molecule has 1 aromatic heterocycles. The van der Waals surface area contributed by atoms with Gasteiger partial charge in [0, 0.05) is 5.69 Å². The molecule has 3 aromatic rings. The molecule has 1 heterocycles. The van der Waals surface area contributed by atoms with Crippen LogP contribution in [0.3, 0.4) is 0 Å². The average Bonchev–Trinajstić information content (AvgIpc) is 3.09. The highest BCUT2D eigenvalue weighted by Gasteiger charge is 2.16. The van der Waals surface area contributed by atoms with E-state index in [1.54, 1.807) is 38.1 Å². The Balaban J connectivity index is 1.62. The zero-order chi connectivity index (χ0) is 19.9. The maximum Gasteiger partial charge on any atom is 0.338 e. The summed E-state index contributed by atoms with van der Waals surface area (Å²) < 4.78 is 10.6. The number of nitrogens with one attached hydrogen (secondary N) is 1. The number of rotatable bonds is 7. The molecular formula is C21H20N2O4S. The lowest BCUT2D eigenvalue weighted by atomic mass is 10.2. The molecule has 144 valence electrons. The fraction of sp³-hybridized carbons (Fsp3) is 0.190. The van der Waals surface area contributed by atoms with Crippen LogP contribution in [0.5, 0.6) is 5.75 Å². The van der Waals surface area contributed by atoms with Gasteiger partial charge in [0.05, 0.1) is 17.9 Å². The first-order valence-electron chi connectivity index (χ1n) is 8.79. The Morgan fingerprint density at radius 3 is 2.46 bits per heavy atom. The molecule has 2 aromatic carbocycles. The van der Waals surface area contributed by atoms with Crippen molar-refractivity contribution in [3.63, 3.8) is 0 Å². The third-order valence-corrected chi connectivity index (χ3v) is 4.94. The van der Waals surface area contributed by atoms with Crippen molar-refractivity contribution in [1.82, 2.24) is 4.98 Å². The van der Waals surface area contributed by atoms with Gasteiger partial charge in [-0.1, -0.05) is 18.2 Å². The molecule has 0 saturated heterocycles. The summed E-state index contributed by atoms with van der Waals surface area (Å²) in [5.74, 6) is 0.120. The monoisotopic (exact) mass is 396 g/mol. The highest BCUT2D eigenvalue weighted by molar-refractivity contribution is 7.13. The zero-order valence-electron chi connectivity index (χ0n) is 15.6. The van der Waals surface area contributed by atoms with E-state index in [1.807, 2.05) is 30.3 Å². The molecule has 0 aliphatic heterocycles. The van der Waals surface area contributed by atoms with Crippen molar-refractivity contribution in [1.29, 1.82) is 0 Å². The maximum absolute atomic E-state index is 12.6. The maximum atomic E-state index is 12.6. The number of ether oxygens (including phenoxy) is 2. The Bertz CT molecular complexity index is 952. The van der Waals surface area contributed by atoms with E-state index in [-0.39, 0.29) is 11.9 Å². The first-order chi connectivity index (χ1) is 13.6. The van der Waals surface area contributed by atoms with Gasteiger partial charge in [-0.15, -0.1) is 11.3 Å². The number of aryl methyl sites for hydroxylation is 1. The van der Waals surface area contributed by atoms with Crippen LogP contribution in [0.4, 0.5) is 5.69 Å². The number of para-hydroxylation sites is 1. The Morgan fingerprint density at radius 1 is 1.07 bits per heavy atom. The van der Waals surface area contributed by atoms with E-state index in [0.29, 0.717) is 35.0 Å². The number of carbonyl (C=O) groups is 2. The van der Waals surface area contributed by atoms with Crippen LogP contribution in [-0.4, -0.2) is 23.5 Å². The molecule has 3 rings (SSSR count). The smallest absolute Gasteiger partial charge is 0.338 e. The first-order valence-corrected chi connectivity index (χ1v) is 9.61. The third-order valence-electron chi connectivity index (χ3n) is 3.81. The minimum Gasteiger partial charge on any atom is -0.486 e. The molecule has 0 radical (unpaired) electrons. The predicted octanol–water partition coefficient (Wildman–Crippen LogP) is 4.46. The molecule has 28 heavy (non-hydrogen) atoms. The van der Waals surface area contributed by atoms with Crippen molar-refractivity contribution in [2.75, 3.05) is 11.9 Å². The third kappa shape index (κ3) is 4.95. The Kier molecular flexibility index (Phi) is 6.39. The molecule has 0 aliphatic carbocycles. The van der Waals surface area contributed by atoms with Crippen molar-refractivity contribution < 1.29 is 19.1 Å². The second-order valence-electron chi connectivity index (χ2n) is 5.88. The molecule has 0 saturated carbocycles.